The van der Waals surface area contributed by atoms with E-state index in [-0.39, 0.29) is 5.56 Å². The third-order valence-electron chi connectivity index (χ3n) is 2.58. The summed E-state index contributed by atoms with van der Waals surface area (Å²) in [6, 6.07) is -0.419. The van der Waals surface area contributed by atoms with Gasteiger partial charge in [0.15, 0.2) is 5.82 Å². The Bertz CT molecular complexity index is 431. The molecule has 1 aliphatic rings. The lowest BCUT2D eigenvalue weighted by Crippen LogP contribution is -2.48. The minimum absolute atomic E-state index is 0.290. The summed E-state index contributed by atoms with van der Waals surface area (Å²) in [5.74, 6) is 0.456. The van der Waals surface area contributed by atoms with Crippen molar-refractivity contribution in [3.63, 3.8) is 0 Å². The Morgan fingerprint density at radius 2 is 2.31 bits per heavy atom. The number of aromatic nitrogens is 2. The molecule has 0 fully saturated rings. The molecule has 1 aromatic heterocycles. The van der Waals surface area contributed by atoms with Gasteiger partial charge in [0.1, 0.15) is 11.8 Å². The SMILES string of the molecule is C[C@H](O)[C@H](O)[C@H]1CNc2nc[nH]c(=O)c2N1. The molecule has 1 aromatic rings. The zero-order valence-electron chi connectivity index (χ0n) is 8.77. The Labute approximate surface area is 91.5 Å². The van der Waals surface area contributed by atoms with Crippen LogP contribution in [0.3, 0.4) is 0 Å². The first kappa shape index (κ1) is 10.9. The second-order valence-corrected chi connectivity index (χ2v) is 3.82. The maximum atomic E-state index is 11.5. The average molecular weight is 226 g/mol. The van der Waals surface area contributed by atoms with Crippen LogP contribution in [0.2, 0.25) is 0 Å². The topological polar surface area (TPSA) is 110 Å². The Morgan fingerprint density at radius 3 is 3.00 bits per heavy atom. The summed E-state index contributed by atoms with van der Waals surface area (Å²) in [6.45, 7) is 1.89. The van der Waals surface area contributed by atoms with E-state index < -0.39 is 18.2 Å². The van der Waals surface area contributed by atoms with Gasteiger partial charge in [0.05, 0.1) is 18.5 Å². The summed E-state index contributed by atoms with van der Waals surface area (Å²) in [5, 5.41) is 24.7. The zero-order valence-corrected chi connectivity index (χ0v) is 8.77. The van der Waals surface area contributed by atoms with Crippen LogP contribution in [0.4, 0.5) is 11.5 Å². The maximum absolute atomic E-state index is 11.5. The molecule has 88 valence electrons. The van der Waals surface area contributed by atoms with E-state index in [4.69, 9.17) is 0 Å². The fraction of sp³-hybridized carbons (Fsp3) is 0.556. The van der Waals surface area contributed by atoms with Crippen molar-refractivity contribution >= 4 is 11.5 Å². The molecule has 0 saturated carbocycles. The van der Waals surface area contributed by atoms with Gasteiger partial charge >= 0.3 is 0 Å². The van der Waals surface area contributed by atoms with E-state index in [1.165, 1.54) is 13.3 Å². The van der Waals surface area contributed by atoms with E-state index in [1.807, 2.05) is 0 Å². The van der Waals surface area contributed by atoms with Gasteiger partial charge in [-0.1, -0.05) is 0 Å². The van der Waals surface area contributed by atoms with E-state index in [0.717, 1.165) is 0 Å². The highest BCUT2D eigenvalue weighted by Gasteiger charge is 2.28. The number of nitrogens with one attached hydrogen (secondary N) is 3. The lowest BCUT2D eigenvalue weighted by molar-refractivity contribution is 0.0214. The number of hydrogen-bond donors (Lipinski definition) is 5. The van der Waals surface area contributed by atoms with Gasteiger partial charge in [-0.3, -0.25) is 4.79 Å². The standard InChI is InChI=1S/C9H14N4O3/c1-4(14)7(15)5-2-10-8-6(13-5)9(16)12-3-11-8/h3-5,7,13-15H,2H2,1H3,(H2,10,11,12,16)/t4-,5+,7-/m0/s1. The van der Waals surface area contributed by atoms with E-state index in [2.05, 4.69) is 20.6 Å². The molecule has 0 aromatic carbocycles. The first-order valence-corrected chi connectivity index (χ1v) is 5.04. The van der Waals surface area contributed by atoms with Crippen LogP contribution in [0.1, 0.15) is 6.92 Å². The second kappa shape index (κ2) is 4.11. The molecule has 3 atom stereocenters. The summed E-state index contributed by atoms with van der Waals surface area (Å²) in [7, 11) is 0. The summed E-state index contributed by atoms with van der Waals surface area (Å²) in [5.41, 5.74) is -0.0153. The van der Waals surface area contributed by atoms with Gasteiger partial charge < -0.3 is 25.8 Å². The number of aliphatic hydroxyl groups is 2. The van der Waals surface area contributed by atoms with E-state index in [9.17, 15) is 15.0 Å². The molecular weight excluding hydrogens is 212 g/mol. The fourth-order valence-corrected chi connectivity index (χ4v) is 1.65. The number of anilines is 2. The Kier molecular flexibility index (Phi) is 2.80. The molecule has 0 saturated heterocycles. The van der Waals surface area contributed by atoms with Crippen molar-refractivity contribution in [1.29, 1.82) is 0 Å². The molecule has 0 amide bonds. The van der Waals surface area contributed by atoms with Gasteiger partial charge in [-0.15, -0.1) is 0 Å². The van der Waals surface area contributed by atoms with E-state index >= 15 is 0 Å². The van der Waals surface area contributed by atoms with Crippen LogP contribution in [0.5, 0.6) is 0 Å². The van der Waals surface area contributed by atoms with Crippen LogP contribution in [0.15, 0.2) is 11.1 Å². The first-order chi connectivity index (χ1) is 7.59. The Morgan fingerprint density at radius 1 is 1.56 bits per heavy atom. The predicted molar refractivity (Wildman–Crippen MR) is 58.4 cm³/mol. The molecule has 0 bridgehead atoms. The smallest absolute Gasteiger partial charge is 0.276 e. The third kappa shape index (κ3) is 1.86. The Hall–Kier alpha value is -1.60. The van der Waals surface area contributed by atoms with Crippen LogP contribution in [0.25, 0.3) is 0 Å². The summed E-state index contributed by atoms with van der Waals surface area (Å²) < 4.78 is 0. The highest BCUT2D eigenvalue weighted by Crippen LogP contribution is 2.20. The van der Waals surface area contributed by atoms with Gasteiger partial charge in [0, 0.05) is 6.54 Å². The lowest BCUT2D eigenvalue weighted by atomic mass is 10.0. The molecule has 2 heterocycles. The molecule has 0 aliphatic carbocycles. The minimum atomic E-state index is -0.944. The van der Waals surface area contributed by atoms with Crippen LogP contribution in [-0.2, 0) is 0 Å². The molecule has 0 spiro atoms. The monoisotopic (exact) mass is 226 g/mol. The largest absolute Gasteiger partial charge is 0.391 e. The molecule has 0 radical (unpaired) electrons. The molecule has 16 heavy (non-hydrogen) atoms. The number of H-pyrrole nitrogens is 1. The van der Waals surface area contributed by atoms with Crippen molar-refractivity contribution < 1.29 is 10.2 Å². The fourth-order valence-electron chi connectivity index (χ4n) is 1.65. The van der Waals surface area contributed by atoms with Gasteiger partial charge in [-0.2, -0.15) is 0 Å². The lowest BCUT2D eigenvalue weighted by Gasteiger charge is -2.31. The van der Waals surface area contributed by atoms with Crippen LogP contribution < -0.4 is 16.2 Å². The van der Waals surface area contributed by atoms with Gasteiger partial charge in [0.2, 0.25) is 0 Å². The minimum Gasteiger partial charge on any atom is -0.391 e. The first-order valence-electron chi connectivity index (χ1n) is 5.04. The number of nitrogens with zero attached hydrogens (tertiary/aromatic N) is 1. The molecule has 5 N–H and O–H groups in total. The summed E-state index contributed by atoms with van der Waals surface area (Å²) in [6.07, 6.45) is -0.502. The molecular formula is C9H14N4O3. The third-order valence-corrected chi connectivity index (χ3v) is 2.58. The highest BCUT2D eigenvalue weighted by molar-refractivity contribution is 5.65. The van der Waals surface area contributed by atoms with Crippen LogP contribution in [-0.4, -0.2) is 45.0 Å². The normalized spacial score (nSPS) is 22.6. The Balaban J connectivity index is 2.23. The van der Waals surface area contributed by atoms with Crippen LogP contribution in [0, 0.1) is 0 Å². The van der Waals surface area contributed by atoms with Crippen molar-refractivity contribution in [3.8, 4) is 0 Å². The summed E-state index contributed by atoms with van der Waals surface area (Å²) in [4.78, 5) is 17.8. The molecule has 2 rings (SSSR count). The maximum Gasteiger partial charge on any atom is 0.276 e. The number of fused-ring (bicyclic) bond motifs is 1. The second-order valence-electron chi connectivity index (χ2n) is 3.82. The molecule has 0 unspecified atom stereocenters. The number of rotatable bonds is 2. The van der Waals surface area contributed by atoms with Crippen molar-refractivity contribution in [3.05, 3.63) is 16.7 Å². The van der Waals surface area contributed by atoms with E-state index in [1.54, 1.807) is 0 Å². The molecule has 7 heteroatoms. The highest BCUT2D eigenvalue weighted by atomic mass is 16.3. The average Bonchev–Trinajstić information content (AvgIpc) is 2.28. The molecule has 1 aliphatic heterocycles. The van der Waals surface area contributed by atoms with Gasteiger partial charge in [-0.05, 0) is 6.92 Å². The van der Waals surface area contributed by atoms with Crippen molar-refractivity contribution in [1.82, 2.24) is 9.97 Å². The van der Waals surface area contributed by atoms with Crippen LogP contribution >= 0.6 is 0 Å². The molecule has 7 nitrogen and oxygen atoms in total. The van der Waals surface area contributed by atoms with Crippen molar-refractivity contribution in [2.24, 2.45) is 0 Å². The number of aliphatic hydroxyl groups excluding tert-OH is 2. The van der Waals surface area contributed by atoms with Gasteiger partial charge in [-0.25, -0.2) is 4.98 Å². The van der Waals surface area contributed by atoms with E-state index in [0.29, 0.717) is 18.1 Å². The van der Waals surface area contributed by atoms with Crippen molar-refractivity contribution in [2.75, 3.05) is 17.2 Å². The zero-order chi connectivity index (χ0) is 11.7. The van der Waals surface area contributed by atoms with Gasteiger partial charge in [0.25, 0.3) is 5.56 Å². The van der Waals surface area contributed by atoms with Crippen molar-refractivity contribution in [2.45, 2.75) is 25.2 Å². The quantitative estimate of drug-likeness (QED) is 0.429. The number of aromatic amines is 1. The number of hydrogen-bond acceptors (Lipinski definition) is 6. The predicted octanol–water partition coefficient (Wildman–Crippen LogP) is -1.28. The summed E-state index contributed by atoms with van der Waals surface area (Å²) >= 11 is 0.